The summed E-state index contributed by atoms with van der Waals surface area (Å²) in [6.45, 7) is 3.51. The minimum absolute atomic E-state index is 0.0823. The van der Waals surface area contributed by atoms with Gasteiger partial charge in [-0.1, -0.05) is 0 Å². The summed E-state index contributed by atoms with van der Waals surface area (Å²) in [6.07, 6.45) is 0. The summed E-state index contributed by atoms with van der Waals surface area (Å²) in [5.74, 6) is 0.00975. The van der Waals surface area contributed by atoms with Crippen molar-refractivity contribution in [1.29, 1.82) is 0 Å². The quantitative estimate of drug-likeness (QED) is 0.600. The van der Waals surface area contributed by atoms with E-state index in [1.807, 2.05) is 0 Å². The Hall–Kier alpha value is -2.31. The topological polar surface area (TPSA) is 107 Å². The first-order valence-electron chi connectivity index (χ1n) is 5.64. The van der Waals surface area contributed by atoms with E-state index in [2.05, 4.69) is 5.32 Å². The summed E-state index contributed by atoms with van der Waals surface area (Å²) < 4.78 is 5.01. The molecule has 1 amide bonds. The van der Waals surface area contributed by atoms with Crippen LogP contribution in [-0.2, 0) is 4.79 Å². The Morgan fingerprint density at radius 3 is 2.63 bits per heavy atom. The van der Waals surface area contributed by atoms with Crippen LogP contribution in [0.25, 0.3) is 0 Å². The number of nitrogens with one attached hydrogen (secondary N) is 1. The molecule has 0 aliphatic rings. The number of hydrogen-bond donors (Lipinski definition) is 2. The highest BCUT2D eigenvalue weighted by Gasteiger charge is 2.26. The van der Waals surface area contributed by atoms with Crippen LogP contribution in [0.5, 0.6) is 5.75 Å². The lowest BCUT2D eigenvalue weighted by molar-refractivity contribution is -0.384. The van der Waals surface area contributed by atoms with E-state index in [1.165, 1.54) is 25.3 Å². The van der Waals surface area contributed by atoms with Gasteiger partial charge in [-0.25, -0.2) is 0 Å². The monoisotopic (exact) mass is 267 g/mol. The van der Waals surface area contributed by atoms with Crippen molar-refractivity contribution in [1.82, 2.24) is 0 Å². The zero-order chi connectivity index (χ0) is 14.6. The van der Waals surface area contributed by atoms with E-state index in [9.17, 15) is 14.9 Å². The number of hydrogen-bond acceptors (Lipinski definition) is 5. The molecule has 0 bridgehead atoms. The Bertz CT molecular complexity index is 500. The number of methoxy groups -OCH3 is 1. The number of amides is 1. The molecule has 3 N–H and O–H groups in total. The largest absolute Gasteiger partial charge is 0.497 e. The highest BCUT2D eigenvalue weighted by molar-refractivity contribution is 5.80. The van der Waals surface area contributed by atoms with Crippen LogP contribution >= 0.6 is 0 Å². The number of nitrogens with zero attached hydrogens (tertiary/aromatic N) is 1. The van der Waals surface area contributed by atoms with E-state index in [-0.39, 0.29) is 12.2 Å². The lowest BCUT2D eigenvalue weighted by atomic mass is 9.92. The molecule has 1 aromatic rings. The number of benzene rings is 1. The maximum atomic E-state index is 11.2. The summed E-state index contributed by atoms with van der Waals surface area (Å²) in [5.41, 5.74) is 4.65. The van der Waals surface area contributed by atoms with Crippen molar-refractivity contribution >= 4 is 17.3 Å². The summed E-state index contributed by atoms with van der Waals surface area (Å²) in [5, 5.41) is 13.8. The molecule has 0 aliphatic carbocycles. The van der Waals surface area contributed by atoms with Gasteiger partial charge in [0.25, 0.3) is 5.69 Å². The van der Waals surface area contributed by atoms with Crippen LogP contribution in [0.15, 0.2) is 18.2 Å². The Balaban J connectivity index is 2.98. The Morgan fingerprint density at radius 1 is 1.53 bits per heavy atom. The summed E-state index contributed by atoms with van der Waals surface area (Å²) in [6, 6.07) is 4.36. The van der Waals surface area contributed by atoms with E-state index >= 15 is 0 Å². The molecule has 7 heteroatoms. The van der Waals surface area contributed by atoms with Crippen LogP contribution in [0.4, 0.5) is 11.4 Å². The molecule has 0 saturated carbocycles. The minimum Gasteiger partial charge on any atom is -0.497 e. The smallest absolute Gasteiger partial charge is 0.292 e. The van der Waals surface area contributed by atoms with Crippen molar-refractivity contribution in [2.24, 2.45) is 11.1 Å². The molecule has 0 radical (unpaired) electrons. The molecule has 1 aromatic carbocycles. The van der Waals surface area contributed by atoms with Gasteiger partial charge in [-0.3, -0.25) is 14.9 Å². The highest BCUT2D eigenvalue weighted by atomic mass is 16.6. The standard InChI is InChI=1S/C12H17N3O4/c1-12(2,11(13)16)7-14-9-6-8(19-3)4-5-10(9)15(17)18/h4-6,14H,7H2,1-3H3,(H2,13,16). The van der Waals surface area contributed by atoms with Gasteiger partial charge in [-0.15, -0.1) is 0 Å². The molecule has 0 saturated heterocycles. The molecule has 0 aromatic heterocycles. The molecular formula is C12H17N3O4. The predicted octanol–water partition coefficient (Wildman–Crippen LogP) is 1.53. The van der Waals surface area contributed by atoms with Gasteiger partial charge in [0.15, 0.2) is 0 Å². The summed E-state index contributed by atoms with van der Waals surface area (Å²) in [7, 11) is 1.47. The van der Waals surface area contributed by atoms with E-state index < -0.39 is 16.2 Å². The molecule has 0 aliphatic heterocycles. The molecule has 19 heavy (non-hydrogen) atoms. The number of rotatable bonds is 6. The van der Waals surface area contributed by atoms with Crippen molar-refractivity contribution in [3.63, 3.8) is 0 Å². The van der Waals surface area contributed by atoms with Crippen molar-refractivity contribution in [3.05, 3.63) is 28.3 Å². The zero-order valence-corrected chi connectivity index (χ0v) is 11.1. The van der Waals surface area contributed by atoms with Gasteiger partial charge in [0.2, 0.25) is 5.91 Å². The average Bonchev–Trinajstić information content (AvgIpc) is 2.35. The van der Waals surface area contributed by atoms with E-state index in [1.54, 1.807) is 13.8 Å². The fourth-order valence-corrected chi connectivity index (χ4v) is 1.35. The van der Waals surface area contributed by atoms with Gasteiger partial charge in [0.1, 0.15) is 11.4 Å². The molecule has 7 nitrogen and oxygen atoms in total. The molecule has 0 spiro atoms. The number of nitro groups is 1. The molecule has 1 rings (SSSR count). The molecule has 0 fully saturated rings. The van der Waals surface area contributed by atoms with E-state index in [0.29, 0.717) is 11.4 Å². The third-order valence-electron chi connectivity index (χ3n) is 2.79. The number of nitrogens with two attached hydrogens (primary N) is 1. The number of carbonyl (C=O) groups excluding carboxylic acids is 1. The number of carbonyl (C=O) groups is 1. The lowest BCUT2D eigenvalue weighted by Gasteiger charge is -2.21. The van der Waals surface area contributed by atoms with Crippen molar-refractivity contribution in [2.45, 2.75) is 13.8 Å². The SMILES string of the molecule is COc1ccc([N+](=O)[O-])c(NCC(C)(C)C(N)=O)c1. The molecular weight excluding hydrogens is 250 g/mol. The van der Waals surface area contributed by atoms with Gasteiger partial charge >= 0.3 is 0 Å². The number of ether oxygens (including phenoxy) is 1. The fraction of sp³-hybridized carbons (Fsp3) is 0.417. The average molecular weight is 267 g/mol. The van der Waals surface area contributed by atoms with Gasteiger partial charge in [-0.2, -0.15) is 0 Å². The lowest BCUT2D eigenvalue weighted by Crippen LogP contribution is -2.37. The Kier molecular flexibility index (Phi) is 4.31. The number of nitro benzene ring substituents is 1. The maximum absolute atomic E-state index is 11.2. The van der Waals surface area contributed by atoms with Crippen LogP contribution in [-0.4, -0.2) is 24.5 Å². The predicted molar refractivity (Wildman–Crippen MR) is 71.1 cm³/mol. The third-order valence-corrected chi connectivity index (χ3v) is 2.79. The number of primary amides is 1. The van der Waals surface area contributed by atoms with Crippen LogP contribution in [0, 0.1) is 15.5 Å². The second kappa shape index (κ2) is 5.55. The first-order valence-corrected chi connectivity index (χ1v) is 5.64. The molecule has 0 atom stereocenters. The van der Waals surface area contributed by atoms with Gasteiger partial charge in [0, 0.05) is 18.7 Å². The van der Waals surface area contributed by atoms with E-state index in [4.69, 9.17) is 10.5 Å². The van der Waals surface area contributed by atoms with Crippen LogP contribution in [0.2, 0.25) is 0 Å². The van der Waals surface area contributed by atoms with Crippen LogP contribution in [0.1, 0.15) is 13.8 Å². The summed E-state index contributed by atoms with van der Waals surface area (Å²) in [4.78, 5) is 21.6. The van der Waals surface area contributed by atoms with Crippen molar-refractivity contribution < 1.29 is 14.5 Å². The van der Waals surface area contributed by atoms with Gasteiger partial charge < -0.3 is 15.8 Å². The van der Waals surface area contributed by atoms with Crippen molar-refractivity contribution in [3.8, 4) is 5.75 Å². The molecule has 104 valence electrons. The minimum atomic E-state index is -0.809. The van der Waals surface area contributed by atoms with Gasteiger partial charge in [-0.05, 0) is 19.9 Å². The Labute approximate surface area is 110 Å². The van der Waals surface area contributed by atoms with Crippen LogP contribution in [0.3, 0.4) is 0 Å². The summed E-state index contributed by atoms with van der Waals surface area (Å²) >= 11 is 0. The van der Waals surface area contributed by atoms with E-state index in [0.717, 1.165) is 0 Å². The molecule has 0 heterocycles. The maximum Gasteiger partial charge on any atom is 0.292 e. The fourth-order valence-electron chi connectivity index (χ4n) is 1.35. The highest BCUT2D eigenvalue weighted by Crippen LogP contribution is 2.29. The zero-order valence-electron chi connectivity index (χ0n) is 11.1. The normalized spacial score (nSPS) is 10.9. The van der Waals surface area contributed by atoms with Gasteiger partial charge in [0.05, 0.1) is 17.4 Å². The number of anilines is 1. The Morgan fingerprint density at radius 2 is 2.16 bits per heavy atom. The first-order chi connectivity index (χ1) is 8.77. The second-order valence-electron chi connectivity index (χ2n) is 4.74. The molecule has 0 unspecified atom stereocenters. The third kappa shape index (κ3) is 3.57. The first kappa shape index (κ1) is 14.7. The van der Waals surface area contributed by atoms with Crippen LogP contribution < -0.4 is 15.8 Å². The van der Waals surface area contributed by atoms with Crippen molar-refractivity contribution in [2.75, 3.05) is 19.0 Å². The second-order valence-corrected chi connectivity index (χ2v) is 4.74.